The second kappa shape index (κ2) is 8.97. The highest BCUT2D eigenvalue weighted by molar-refractivity contribution is 5.46. The summed E-state index contributed by atoms with van der Waals surface area (Å²) in [6.45, 7) is 6.52. The Balaban J connectivity index is 1.45. The van der Waals surface area contributed by atoms with Crippen LogP contribution in [0.3, 0.4) is 0 Å². The predicted molar refractivity (Wildman–Crippen MR) is 110 cm³/mol. The molecular formula is C22H32N4O2. The Morgan fingerprint density at radius 1 is 1.00 bits per heavy atom. The highest BCUT2D eigenvalue weighted by atomic mass is 16.5. The number of piperidine rings is 1. The van der Waals surface area contributed by atoms with Gasteiger partial charge in [0.05, 0.1) is 20.4 Å². The monoisotopic (exact) mass is 384 g/mol. The highest BCUT2D eigenvalue weighted by Crippen LogP contribution is 2.34. The van der Waals surface area contributed by atoms with Crippen LogP contribution < -0.4 is 9.47 Å². The molecule has 28 heavy (non-hydrogen) atoms. The van der Waals surface area contributed by atoms with E-state index in [-0.39, 0.29) is 0 Å². The van der Waals surface area contributed by atoms with E-state index in [1.807, 2.05) is 18.3 Å². The Bertz CT molecular complexity index is 770. The molecule has 0 spiro atoms. The van der Waals surface area contributed by atoms with Crippen molar-refractivity contribution in [2.75, 3.05) is 40.4 Å². The molecule has 4 rings (SSSR count). The zero-order valence-electron chi connectivity index (χ0n) is 17.1. The molecule has 6 nitrogen and oxygen atoms in total. The molecule has 1 N–H and O–H groups in total. The molecule has 0 bridgehead atoms. The van der Waals surface area contributed by atoms with Gasteiger partial charge < -0.3 is 9.47 Å². The zero-order chi connectivity index (χ0) is 19.3. The minimum absolute atomic E-state index is 0.519. The average Bonchev–Trinajstić information content (AvgIpc) is 3.40. The Morgan fingerprint density at radius 3 is 2.57 bits per heavy atom. The quantitative estimate of drug-likeness (QED) is 0.793. The van der Waals surface area contributed by atoms with E-state index in [1.54, 1.807) is 14.2 Å². The molecule has 0 aliphatic carbocycles. The van der Waals surface area contributed by atoms with Gasteiger partial charge in [-0.1, -0.05) is 12.1 Å². The molecule has 2 saturated heterocycles. The van der Waals surface area contributed by atoms with Crippen molar-refractivity contribution in [3.63, 3.8) is 0 Å². The molecule has 1 aromatic heterocycles. The fourth-order valence-corrected chi connectivity index (χ4v) is 4.74. The van der Waals surface area contributed by atoms with Crippen molar-refractivity contribution < 1.29 is 9.47 Å². The molecule has 0 amide bonds. The Hall–Kier alpha value is -2.05. The second-order valence-electron chi connectivity index (χ2n) is 8.02. The largest absolute Gasteiger partial charge is 0.493 e. The van der Waals surface area contributed by atoms with Crippen molar-refractivity contribution in [3.8, 4) is 11.5 Å². The highest BCUT2D eigenvalue weighted by Gasteiger charge is 2.26. The predicted octanol–water partition coefficient (Wildman–Crippen LogP) is 3.40. The maximum absolute atomic E-state index is 5.63. The smallest absolute Gasteiger partial charge is 0.165 e. The molecule has 1 aromatic carbocycles. The lowest BCUT2D eigenvalue weighted by molar-refractivity contribution is 0.194. The normalized spacial score (nSPS) is 21.1. The standard InChI is InChI=1S/C22H32N4O2/c1-27-20-9-5-7-18(22(20)28-2)15-26-12-6-8-17(14-26)21-19(13-23-24-21)16-25-10-3-4-11-25/h5,7,9,13,17H,3-4,6,8,10-12,14-16H2,1-2H3,(H,23,24)/t17-/m1/s1. The SMILES string of the molecule is COc1cccc(CN2CCC[C@@H](c3[nH]ncc3CN3CCCC3)C2)c1OC. The zero-order valence-corrected chi connectivity index (χ0v) is 17.1. The third-order valence-corrected chi connectivity index (χ3v) is 6.14. The van der Waals surface area contributed by atoms with E-state index < -0.39 is 0 Å². The molecule has 0 saturated carbocycles. The van der Waals surface area contributed by atoms with Gasteiger partial charge in [-0.2, -0.15) is 5.10 Å². The summed E-state index contributed by atoms with van der Waals surface area (Å²) < 4.78 is 11.1. The van der Waals surface area contributed by atoms with Crippen molar-refractivity contribution in [2.24, 2.45) is 0 Å². The Morgan fingerprint density at radius 2 is 1.79 bits per heavy atom. The first kappa shape index (κ1) is 19.3. The molecule has 0 radical (unpaired) electrons. The van der Waals surface area contributed by atoms with Crippen molar-refractivity contribution in [1.82, 2.24) is 20.0 Å². The van der Waals surface area contributed by atoms with Crippen LogP contribution in [-0.2, 0) is 13.1 Å². The van der Waals surface area contributed by atoms with E-state index in [9.17, 15) is 0 Å². The van der Waals surface area contributed by atoms with Gasteiger partial charge in [-0.25, -0.2) is 0 Å². The third-order valence-electron chi connectivity index (χ3n) is 6.14. The van der Waals surface area contributed by atoms with Crippen LogP contribution >= 0.6 is 0 Å². The number of ether oxygens (including phenoxy) is 2. The average molecular weight is 385 g/mol. The van der Waals surface area contributed by atoms with Gasteiger partial charge in [-0.3, -0.25) is 14.9 Å². The van der Waals surface area contributed by atoms with Gasteiger partial charge in [-0.05, 0) is 51.4 Å². The fourth-order valence-electron chi connectivity index (χ4n) is 4.74. The van der Waals surface area contributed by atoms with Gasteiger partial charge in [0.2, 0.25) is 0 Å². The Labute approximate surface area is 167 Å². The van der Waals surface area contributed by atoms with Crippen LogP contribution in [0.5, 0.6) is 11.5 Å². The number of hydrogen-bond donors (Lipinski definition) is 1. The maximum Gasteiger partial charge on any atom is 0.165 e. The topological polar surface area (TPSA) is 53.6 Å². The van der Waals surface area contributed by atoms with Gasteiger partial charge in [0.1, 0.15) is 0 Å². The first-order valence-electron chi connectivity index (χ1n) is 10.4. The number of hydrogen-bond acceptors (Lipinski definition) is 5. The summed E-state index contributed by atoms with van der Waals surface area (Å²) >= 11 is 0. The molecular weight excluding hydrogens is 352 g/mol. The van der Waals surface area contributed by atoms with Gasteiger partial charge in [-0.15, -0.1) is 0 Å². The van der Waals surface area contributed by atoms with E-state index >= 15 is 0 Å². The number of rotatable bonds is 7. The van der Waals surface area contributed by atoms with Crippen molar-refractivity contribution in [1.29, 1.82) is 0 Å². The van der Waals surface area contributed by atoms with Crippen LogP contribution in [0.15, 0.2) is 24.4 Å². The van der Waals surface area contributed by atoms with Crippen LogP contribution in [-0.4, -0.2) is 60.4 Å². The molecule has 2 aliphatic rings. The summed E-state index contributed by atoms with van der Waals surface area (Å²) in [5.74, 6) is 2.17. The number of nitrogens with one attached hydrogen (secondary N) is 1. The van der Waals surface area contributed by atoms with E-state index in [1.165, 1.54) is 55.6 Å². The van der Waals surface area contributed by atoms with Crippen LogP contribution in [0.4, 0.5) is 0 Å². The van der Waals surface area contributed by atoms with Crippen molar-refractivity contribution in [3.05, 3.63) is 41.2 Å². The minimum atomic E-state index is 0.519. The molecule has 2 fully saturated rings. The van der Waals surface area contributed by atoms with Crippen molar-refractivity contribution >= 4 is 0 Å². The molecule has 0 unspecified atom stereocenters. The van der Waals surface area contributed by atoms with Crippen LogP contribution in [0.2, 0.25) is 0 Å². The van der Waals surface area contributed by atoms with Crippen molar-refractivity contribution in [2.45, 2.75) is 44.7 Å². The lowest BCUT2D eigenvalue weighted by Crippen LogP contribution is -2.34. The summed E-state index contributed by atoms with van der Waals surface area (Å²) in [6.07, 6.45) is 7.12. The number of likely N-dealkylation sites (tertiary alicyclic amines) is 2. The number of H-pyrrole nitrogens is 1. The molecule has 3 heterocycles. The van der Waals surface area contributed by atoms with Gasteiger partial charge >= 0.3 is 0 Å². The van der Waals surface area contributed by atoms with E-state index in [0.29, 0.717) is 5.92 Å². The summed E-state index contributed by atoms with van der Waals surface area (Å²) in [6, 6.07) is 6.14. The number of para-hydroxylation sites is 1. The number of methoxy groups -OCH3 is 2. The number of aromatic nitrogens is 2. The van der Waals surface area contributed by atoms with Gasteiger partial charge in [0.15, 0.2) is 11.5 Å². The molecule has 152 valence electrons. The van der Waals surface area contributed by atoms with E-state index in [0.717, 1.165) is 37.7 Å². The summed E-state index contributed by atoms with van der Waals surface area (Å²) in [4.78, 5) is 5.09. The van der Waals surface area contributed by atoms with Crippen LogP contribution in [0, 0.1) is 0 Å². The Kier molecular flexibility index (Phi) is 6.17. The summed E-state index contributed by atoms with van der Waals surface area (Å²) in [5.41, 5.74) is 3.91. The first-order valence-corrected chi connectivity index (χ1v) is 10.4. The second-order valence-corrected chi connectivity index (χ2v) is 8.02. The van der Waals surface area contributed by atoms with E-state index in [4.69, 9.17) is 9.47 Å². The fraction of sp³-hybridized carbons (Fsp3) is 0.591. The molecule has 1 atom stereocenters. The lowest BCUT2D eigenvalue weighted by atomic mass is 9.92. The summed E-state index contributed by atoms with van der Waals surface area (Å²) in [7, 11) is 3.41. The lowest BCUT2D eigenvalue weighted by Gasteiger charge is -2.33. The molecule has 2 aliphatic heterocycles. The number of aromatic amines is 1. The first-order chi connectivity index (χ1) is 13.8. The summed E-state index contributed by atoms with van der Waals surface area (Å²) in [5, 5.41) is 7.72. The van der Waals surface area contributed by atoms with Gasteiger partial charge in [0, 0.05) is 42.4 Å². The number of nitrogens with zero attached hydrogens (tertiary/aromatic N) is 3. The maximum atomic E-state index is 5.63. The minimum Gasteiger partial charge on any atom is -0.493 e. The third kappa shape index (κ3) is 4.18. The molecule has 2 aromatic rings. The van der Waals surface area contributed by atoms with E-state index in [2.05, 4.69) is 26.1 Å². The molecule has 6 heteroatoms. The number of benzene rings is 1. The van der Waals surface area contributed by atoms with Gasteiger partial charge in [0.25, 0.3) is 0 Å². The van der Waals surface area contributed by atoms with Crippen LogP contribution in [0.1, 0.15) is 48.4 Å². The van der Waals surface area contributed by atoms with Crippen LogP contribution in [0.25, 0.3) is 0 Å².